The highest BCUT2D eigenvalue weighted by molar-refractivity contribution is 5.83. The van der Waals surface area contributed by atoms with E-state index in [4.69, 9.17) is 10.2 Å². The first kappa shape index (κ1) is 12.0. The van der Waals surface area contributed by atoms with E-state index >= 15 is 0 Å². The molecule has 0 heterocycles. The van der Waals surface area contributed by atoms with Crippen molar-refractivity contribution in [2.75, 3.05) is 0 Å². The molecule has 0 saturated carbocycles. The molecule has 6 heteroatoms. The Bertz CT molecular complexity index is 220. The molecule has 0 aromatic heterocycles. The predicted octanol–water partition coefficient (Wildman–Crippen LogP) is 0.213. The van der Waals surface area contributed by atoms with Crippen LogP contribution in [0.4, 0.5) is 0 Å². The molecule has 0 fully saturated rings. The maximum Gasteiger partial charge on any atom is 0.349 e. The summed E-state index contributed by atoms with van der Waals surface area (Å²) in [6.07, 6.45) is -1.63. The van der Waals surface area contributed by atoms with Crippen LogP contribution in [0.3, 0.4) is 0 Å². The summed E-state index contributed by atoms with van der Waals surface area (Å²) < 4.78 is 8.98. The highest BCUT2D eigenvalue weighted by Crippen LogP contribution is 2.06. The van der Waals surface area contributed by atoms with Gasteiger partial charge in [-0.2, -0.15) is 0 Å². The van der Waals surface area contributed by atoms with Gasteiger partial charge in [-0.15, -0.1) is 0 Å². The predicted molar refractivity (Wildman–Crippen MR) is 45.4 cm³/mol. The lowest BCUT2D eigenvalue weighted by Crippen LogP contribution is -2.41. The standard InChI is InChI=1S/C8H10O6/c1-3-13-5(7(9)10)6(8(11)12)14-4-2/h3-6H,1-2H2,(H,9,10)(H,11,12). The van der Waals surface area contributed by atoms with E-state index in [1.807, 2.05) is 0 Å². The van der Waals surface area contributed by atoms with E-state index in [2.05, 4.69) is 22.6 Å². The van der Waals surface area contributed by atoms with Crippen molar-refractivity contribution in [2.24, 2.45) is 0 Å². The van der Waals surface area contributed by atoms with Gasteiger partial charge in [0.25, 0.3) is 0 Å². The summed E-state index contributed by atoms with van der Waals surface area (Å²) in [5.41, 5.74) is 0. The zero-order valence-corrected chi connectivity index (χ0v) is 7.25. The molecule has 2 atom stereocenters. The average Bonchev–Trinajstić information content (AvgIpc) is 2.10. The van der Waals surface area contributed by atoms with Crippen molar-refractivity contribution in [3.05, 3.63) is 25.7 Å². The Kier molecular flexibility index (Phi) is 4.83. The molecule has 0 rings (SSSR count). The Morgan fingerprint density at radius 1 is 1.00 bits per heavy atom. The molecule has 6 nitrogen and oxygen atoms in total. The summed E-state index contributed by atoms with van der Waals surface area (Å²) in [6.45, 7) is 6.25. The number of hydrogen-bond donors (Lipinski definition) is 2. The zero-order valence-electron chi connectivity index (χ0n) is 7.25. The van der Waals surface area contributed by atoms with Gasteiger partial charge < -0.3 is 19.7 Å². The van der Waals surface area contributed by atoms with Gasteiger partial charge in [0.1, 0.15) is 0 Å². The molecular weight excluding hydrogens is 192 g/mol. The van der Waals surface area contributed by atoms with Crippen molar-refractivity contribution in [3.63, 3.8) is 0 Å². The maximum absolute atomic E-state index is 10.6. The molecule has 0 aromatic rings. The van der Waals surface area contributed by atoms with Crippen LogP contribution in [0.25, 0.3) is 0 Å². The van der Waals surface area contributed by atoms with E-state index < -0.39 is 24.1 Å². The van der Waals surface area contributed by atoms with Crippen molar-refractivity contribution < 1.29 is 29.3 Å². The van der Waals surface area contributed by atoms with Crippen LogP contribution in [0.2, 0.25) is 0 Å². The highest BCUT2D eigenvalue weighted by Gasteiger charge is 2.36. The number of carboxylic acid groups (broad SMARTS) is 2. The fraction of sp³-hybridized carbons (Fsp3) is 0.250. The lowest BCUT2D eigenvalue weighted by molar-refractivity contribution is -0.166. The second-order valence-electron chi connectivity index (χ2n) is 2.12. The Morgan fingerprint density at radius 3 is 1.43 bits per heavy atom. The molecule has 2 unspecified atom stereocenters. The Balaban J connectivity index is 4.70. The molecule has 0 radical (unpaired) electrons. The molecule has 0 aromatic carbocycles. The van der Waals surface area contributed by atoms with Crippen LogP contribution in [0, 0.1) is 0 Å². The maximum atomic E-state index is 10.6. The first-order valence-electron chi connectivity index (χ1n) is 3.53. The smallest absolute Gasteiger partial charge is 0.349 e. The molecule has 0 aliphatic rings. The van der Waals surface area contributed by atoms with Crippen LogP contribution in [-0.2, 0) is 19.1 Å². The van der Waals surface area contributed by atoms with E-state index in [1.165, 1.54) is 0 Å². The summed E-state index contributed by atoms with van der Waals surface area (Å²) in [5, 5.41) is 17.2. The van der Waals surface area contributed by atoms with E-state index in [1.54, 1.807) is 0 Å². The van der Waals surface area contributed by atoms with E-state index in [0.29, 0.717) is 0 Å². The van der Waals surface area contributed by atoms with Crippen LogP contribution in [0.1, 0.15) is 0 Å². The minimum Gasteiger partial charge on any atom is -0.482 e. The summed E-state index contributed by atoms with van der Waals surface area (Å²) in [5.74, 6) is -2.92. The first-order valence-corrected chi connectivity index (χ1v) is 3.53. The number of carboxylic acids is 2. The third-order valence-electron chi connectivity index (χ3n) is 1.25. The van der Waals surface area contributed by atoms with Crippen molar-refractivity contribution in [1.29, 1.82) is 0 Å². The van der Waals surface area contributed by atoms with Gasteiger partial charge in [-0.3, -0.25) is 0 Å². The van der Waals surface area contributed by atoms with Gasteiger partial charge in [0.2, 0.25) is 12.2 Å². The van der Waals surface area contributed by atoms with Crippen molar-refractivity contribution in [1.82, 2.24) is 0 Å². The summed E-state index contributed by atoms with van der Waals surface area (Å²) in [6, 6.07) is 0. The number of hydrogen-bond acceptors (Lipinski definition) is 4. The SMILES string of the molecule is C=COC(C(=O)O)C(OC=C)C(=O)O. The third kappa shape index (κ3) is 3.18. The molecule has 0 aliphatic heterocycles. The van der Waals surface area contributed by atoms with Gasteiger partial charge in [-0.05, 0) is 0 Å². The highest BCUT2D eigenvalue weighted by atomic mass is 16.6. The zero-order chi connectivity index (χ0) is 11.1. The second-order valence-corrected chi connectivity index (χ2v) is 2.12. The largest absolute Gasteiger partial charge is 0.482 e. The molecule has 0 spiro atoms. The minimum atomic E-state index is -1.65. The van der Waals surface area contributed by atoms with Crippen LogP contribution >= 0.6 is 0 Å². The van der Waals surface area contributed by atoms with Gasteiger partial charge in [0.15, 0.2) is 0 Å². The summed E-state index contributed by atoms with van der Waals surface area (Å²) in [7, 11) is 0. The lowest BCUT2D eigenvalue weighted by atomic mass is 10.2. The van der Waals surface area contributed by atoms with Crippen LogP contribution in [-0.4, -0.2) is 34.4 Å². The lowest BCUT2D eigenvalue weighted by Gasteiger charge is -2.18. The van der Waals surface area contributed by atoms with Crippen LogP contribution in [0.15, 0.2) is 25.7 Å². The third-order valence-corrected chi connectivity index (χ3v) is 1.25. The van der Waals surface area contributed by atoms with Crippen LogP contribution in [0.5, 0.6) is 0 Å². The van der Waals surface area contributed by atoms with E-state index in [9.17, 15) is 9.59 Å². The average molecular weight is 202 g/mol. The number of rotatable bonds is 7. The molecule has 2 N–H and O–H groups in total. The number of aliphatic carboxylic acids is 2. The van der Waals surface area contributed by atoms with Crippen molar-refractivity contribution in [2.45, 2.75) is 12.2 Å². The molecule has 0 bridgehead atoms. The van der Waals surface area contributed by atoms with Crippen molar-refractivity contribution in [3.8, 4) is 0 Å². The van der Waals surface area contributed by atoms with Gasteiger partial charge >= 0.3 is 11.9 Å². The van der Waals surface area contributed by atoms with E-state index in [0.717, 1.165) is 12.5 Å². The molecular formula is C8H10O6. The molecule has 14 heavy (non-hydrogen) atoms. The fourth-order valence-electron chi connectivity index (χ4n) is 0.725. The van der Waals surface area contributed by atoms with Gasteiger partial charge in [0.05, 0.1) is 12.5 Å². The number of ether oxygens (including phenoxy) is 2. The summed E-state index contributed by atoms with van der Waals surface area (Å²) in [4.78, 5) is 21.1. The minimum absolute atomic E-state index is 0.834. The Labute approximate surface area is 80.1 Å². The van der Waals surface area contributed by atoms with Crippen molar-refractivity contribution >= 4 is 11.9 Å². The number of carbonyl (C=O) groups is 2. The normalized spacial score (nSPS) is 13.4. The van der Waals surface area contributed by atoms with Gasteiger partial charge in [-0.25, -0.2) is 9.59 Å². The van der Waals surface area contributed by atoms with Gasteiger partial charge in [-0.1, -0.05) is 13.2 Å². The molecule has 0 amide bonds. The van der Waals surface area contributed by atoms with Crippen LogP contribution < -0.4 is 0 Å². The first-order chi connectivity index (χ1) is 6.54. The monoisotopic (exact) mass is 202 g/mol. The molecule has 0 aliphatic carbocycles. The quantitative estimate of drug-likeness (QED) is 0.573. The second kappa shape index (κ2) is 5.63. The topological polar surface area (TPSA) is 93.1 Å². The van der Waals surface area contributed by atoms with Gasteiger partial charge in [0, 0.05) is 0 Å². The fourth-order valence-corrected chi connectivity index (χ4v) is 0.725. The summed E-state index contributed by atoms with van der Waals surface area (Å²) >= 11 is 0. The molecule has 78 valence electrons. The Morgan fingerprint density at radius 2 is 1.29 bits per heavy atom. The Hall–Kier alpha value is -1.98. The molecule has 0 saturated heterocycles. The van der Waals surface area contributed by atoms with E-state index in [-0.39, 0.29) is 0 Å².